The highest BCUT2D eigenvalue weighted by Gasteiger charge is 2.10. The molecule has 2 aromatic carbocycles. The van der Waals surface area contributed by atoms with Gasteiger partial charge in [-0.25, -0.2) is 0 Å². The van der Waals surface area contributed by atoms with E-state index in [9.17, 15) is 4.79 Å². The zero-order chi connectivity index (χ0) is 16.8. The minimum atomic E-state index is -0.559. The van der Waals surface area contributed by atoms with Crippen LogP contribution in [0.4, 0.5) is 5.69 Å². The molecule has 0 heterocycles. The van der Waals surface area contributed by atoms with Crippen LogP contribution >= 0.6 is 0 Å². The topological polar surface area (TPSA) is 93.8 Å². The number of carbonyl (C=O) groups is 1. The second-order valence-corrected chi connectivity index (χ2v) is 4.76. The Morgan fingerprint density at radius 2 is 1.65 bits per heavy atom. The van der Waals surface area contributed by atoms with Gasteiger partial charge in [-0.05, 0) is 41.5 Å². The van der Waals surface area contributed by atoms with E-state index < -0.39 is 5.91 Å². The van der Waals surface area contributed by atoms with E-state index in [-0.39, 0.29) is 0 Å². The molecule has 0 fully saturated rings. The van der Waals surface area contributed by atoms with E-state index in [4.69, 9.17) is 20.4 Å². The van der Waals surface area contributed by atoms with Crippen molar-refractivity contribution in [1.29, 1.82) is 0 Å². The normalized spacial score (nSPS) is 11.0. The van der Waals surface area contributed by atoms with E-state index in [2.05, 4.69) is 0 Å². The Balaban J connectivity index is 2.48. The van der Waals surface area contributed by atoms with Gasteiger partial charge < -0.3 is 15.2 Å². The monoisotopic (exact) mass is 314 g/mol. The number of anilines is 1. The van der Waals surface area contributed by atoms with Gasteiger partial charge in [-0.1, -0.05) is 12.1 Å². The van der Waals surface area contributed by atoms with Gasteiger partial charge in [-0.15, -0.1) is 0 Å². The van der Waals surface area contributed by atoms with E-state index in [0.717, 1.165) is 5.56 Å². The Hall–Kier alpha value is -2.99. The molecule has 0 aliphatic heterocycles. The Bertz CT molecular complexity index is 702. The van der Waals surface area contributed by atoms with Gasteiger partial charge in [0.05, 0.1) is 19.9 Å². The highest BCUT2D eigenvalue weighted by atomic mass is 16.5. The first-order valence-electron chi connectivity index (χ1n) is 6.82. The molecule has 0 aliphatic carbocycles. The SMILES string of the molecule is COc1cc(/C=C(\C(N)=O)c2ccc(NO)cc2)cc(OC)c1. The van der Waals surface area contributed by atoms with Crippen molar-refractivity contribution in [3.05, 3.63) is 53.6 Å². The smallest absolute Gasteiger partial charge is 0.249 e. The van der Waals surface area contributed by atoms with Crippen molar-refractivity contribution in [3.63, 3.8) is 0 Å². The Kier molecular flexibility index (Phi) is 5.22. The van der Waals surface area contributed by atoms with Crippen LogP contribution in [0.1, 0.15) is 11.1 Å². The van der Waals surface area contributed by atoms with Gasteiger partial charge in [0.2, 0.25) is 5.91 Å². The van der Waals surface area contributed by atoms with Crippen molar-refractivity contribution in [1.82, 2.24) is 0 Å². The van der Waals surface area contributed by atoms with E-state index in [1.165, 1.54) is 0 Å². The van der Waals surface area contributed by atoms with Gasteiger partial charge in [0.15, 0.2) is 0 Å². The summed E-state index contributed by atoms with van der Waals surface area (Å²) in [6, 6.07) is 11.9. The van der Waals surface area contributed by atoms with Gasteiger partial charge in [0.1, 0.15) is 11.5 Å². The van der Waals surface area contributed by atoms with Crippen molar-refractivity contribution in [3.8, 4) is 11.5 Å². The summed E-state index contributed by atoms with van der Waals surface area (Å²) >= 11 is 0. The van der Waals surface area contributed by atoms with Crippen LogP contribution in [0, 0.1) is 0 Å². The van der Waals surface area contributed by atoms with E-state index >= 15 is 0 Å². The second kappa shape index (κ2) is 7.33. The fraction of sp³-hybridized carbons (Fsp3) is 0.118. The highest BCUT2D eigenvalue weighted by molar-refractivity contribution is 6.23. The molecule has 0 atom stereocenters. The van der Waals surface area contributed by atoms with Gasteiger partial charge >= 0.3 is 0 Å². The molecular weight excluding hydrogens is 296 g/mol. The van der Waals surface area contributed by atoms with Crippen LogP contribution in [0.15, 0.2) is 42.5 Å². The summed E-state index contributed by atoms with van der Waals surface area (Å²) in [5, 5.41) is 8.84. The second-order valence-electron chi connectivity index (χ2n) is 4.76. The number of nitrogens with two attached hydrogens (primary N) is 1. The predicted octanol–water partition coefficient (Wildman–Crippen LogP) is 2.53. The molecule has 6 nitrogen and oxygen atoms in total. The molecule has 2 aromatic rings. The summed E-state index contributed by atoms with van der Waals surface area (Å²) < 4.78 is 10.4. The summed E-state index contributed by atoms with van der Waals surface area (Å²) in [4.78, 5) is 11.8. The molecule has 2 rings (SSSR count). The molecule has 0 bridgehead atoms. The molecule has 0 saturated carbocycles. The molecule has 120 valence electrons. The van der Waals surface area contributed by atoms with E-state index in [1.54, 1.807) is 62.8 Å². The average Bonchev–Trinajstić information content (AvgIpc) is 2.59. The number of carbonyl (C=O) groups excluding carboxylic acids is 1. The fourth-order valence-electron chi connectivity index (χ4n) is 2.10. The molecule has 0 aromatic heterocycles. The standard InChI is InChI=1S/C17H18N2O4/c1-22-14-7-11(8-15(10-14)23-2)9-16(17(18)20)12-3-5-13(19-21)6-4-12/h3-10,19,21H,1-2H3,(H2,18,20)/b16-9-. The lowest BCUT2D eigenvalue weighted by atomic mass is 10.0. The number of primary amides is 1. The molecule has 0 spiro atoms. The number of nitrogens with one attached hydrogen (secondary N) is 1. The van der Waals surface area contributed by atoms with Crippen LogP contribution in [0.5, 0.6) is 11.5 Å². The third kappa shape index (κ3) is 4.02. The Labute approximate surface area is 134 Å². The lowest BCUT2D eigenvalue weighted by molar-refractivity contribution is -0.112. The minimum absolute atomic E-state index is 0.338. The molecule has 6 heteroatoms. The highest BCUT2D eigenvalue weighted by Crippen LogP contribution is 2.26. The minimum Gasteiger partial charge on any atom is -0.497 e. The maximum atomic E-state index is 11.8. The van der Waals surface area contributed by atoms with Crippen LogP contribution < -0.4 is 20.7 Å². The Morgan fingerprint density at radius 3 is 2.09 bits per heavy atom. The van der Waals surface area contributed by atoms with E-state index in [1.807, 2.05) is 5.48 Å². The van der Waals surface area contributed by atoms with Gasteiger partial charge in [-0.2, -0.15) is 0 Å². The molecule has 0 saturated heterocycles. The quantitative estimate of drug-likeness (QED) is 0.433. The first-order chi connectivity index (χ1) is 11.1. The maximum absolute atomic E-state index is 11.8. The fourth-order valence-corrected chi connectivity index (χ4v) is 2.10. The van der Waals surface area contributed by atoms with Crippen molar-refractivity contribution in [2.24, 2.45) is 5.73 Å². The van der Waals surface area contributed by atoms with Gasteiger partial charge in [-0.3, -0.25) is 15.5 Å². The van der Waals surface area contributed by atoms with Crippen molar-refractivity contribution >= 4 is 23.2 Å². The van der Waals surface area contributed by atoms with Crippen molar-refractivity contribution in [2.45, 2.75) is 0 Å². The van der Waals surface area contributed by atoms with Crippen LogP contribution in [-0.4, -0.2) is 25.3 Å². The van der Waals surface area contributed by atoms with Crippen LogP contribution in [0.25, 0.3) is 11.6 Å². The van der Waals surface area contributed by atoms with Crippen molar-refractivity contribution < 1.29 is 19.5 Å². The summed E-state index contributed by atoms with van der Waals surface area (Å²) in [6.07, 6.45) is 1.66. The summed E-state index contributed by atoms with van der Waals surface area (Å²) in [5.74, 6) is 0.662. The number of hydrogen-bond acceptors (Lipinski definition) is 5. The van der Waals surface area contributed by atoms with E-state index in [0.29, 0.717) is 28.3 Å². The third-order valence-electron chi connectivity index (χ3n) is 3.28. The summed E-state index contributed by atoms with van der Waals surface area (Å²) in [7, 11) is 3.11. The third-order valence-corrected chi connectivity index (χ3v) is 3.28. The zero-order valence-corrected chi connectivity index (χ0v) is 12.9. The lowest BCUT2D eigenvalue weighted by Crippen LogP contribution is -2.12. The largest absolute Gasteiger partial charge is 0.497 e. The van der Waals surface area contributed by atoms with Crippen LogP contribution in [0.2, 0.25) is 0 Å². The first kappa shape index (κ1) is 16.4. The van der Waals surface area contributed by atoms with Gasteiger partial charge in [0.25, 0.3) is 0 Å². The number of amides is 1. The number of methoxy groups -OCH3 is 2. The zero-order valence-electron chi connectivity index (χ0n) is 12.9. The van der Waals surface area contributed by atoms with Crippen molar-refractivity contribution in [2.75, 3.05) is 19.7 Å². The predicted molar refractivity (Wildman–Crippen MR) is 88.5 cm³/mol. The summed E-state index contributed by atoms with van der Waals surface area (Å²) in [6.45, 7) is 0. The first-order valence-corrected chi connectivity index (χ1v) is 6.82. The molecule has 4 N–H and O–H groups in total. The van der Waals surface area contributed by atoms with Crippen LogP contribution in [-0.2, 0) is 4.79 Å². The molecule has 1 amide bonds. The summed E-state index contributed by atoms with van der Waals surface area (Å²) in [5.41, 5.74) is 9.74. The Morgan fingerprint density at radius 1 is 1.09 bits per heavy atom. The van der Waals surface area contributed by atoms with Crippen LogP contribution in [0.3, 0.4) is 0 Å². The number of rotatable bonds is 6. The molecular formula is C17H18N2O4. The number of ether oxygens (including phenoxy) is 2. The lowest BCUT2D eigenvalue weighted by Gasteiger charge is -2.08. The molecule has 23 heavy (non-hydrogen) atoms. The molecule has 0 radical (unpaired) electrons. The molecule has 0 unspecified atom stereocenters. The average molecular weight is 314 g/mol. The number of benzene rings is 2. The maximum Gasteiger partial charge on any atom is 0.249 e. The number of hydrogen-bond donors (Lipinski definition) is 3. The molecule has 0 aliphatic rings. The van der Waals surface area contributed by atoms with Gasteiger partial charge in [0, 0.05) is 11.6 Å².